The number of likely N-dealkylation sites (tertiary alicyclic amines) is 1. The largest absolute Gasteiger partial charge is 0.493 e. The van der Waals surface area contributed by atoms with Gasteiger partial charge in [0.15, 0.2) is 0 Å². The summed E-state index contributed by atoms with van der Waals surface area (Å²) in [5.41, 5.74) is 4.23. The maximum absolute atomic E-state index is 14.2. The molecule has 9 heteroatoms. The third kappa shape index (κ3) is 7.46. The summed E-state index contributed by atoms with van der Waals surface area (Å²) in [6.07, 6.45) is 8.70. The van der Waals surface area contributed by atoms with Crippen molar-refractivity contribution in [3.8, 4) is 5.75 Å². The molecule has 0 spiro atoms. The van der Waals surface area contributed by atoms with Gasteiger partial charge in [0.2, 0.25) is 5.91 Å². The lowest BCUT2D eigenvalue weighted by Gasteiger charge is -2.30. The van der Waals surface area contributed by atoms with Crippen molar-refractivity contribution in [2.75, 3.05) is 52.3 Å². The molecular formula is C34H46N5O4+. The van der Waals surface area contributed by atoms with Crippen molar-refractivity contribution >= 4 is 17.6 Å². The highest BCUT2D eigenvalue weighted by atomic mass is 16.5. The van der Waals surface area contributed by atoms with Crippen molar-refractivity contribution in [3.63, 3.8) is 0 Å². The molecule has 1 fully saturated rings. The molecule has 1 aromatic heterocycles. The number of quaternary nitrogens is 1. The summed E-state index contributed by atoms with van der Waals surface area (Å²) in [6.45, 7) is 5.60. The van der Waals surface area contributed by atoms with Gasteiger partial charge in [0, 0.05) is 61.7 Å². The number of anilines is 1. The number of imidazole rings is 1. The molecule has 1 amide bonds. The van der Waals surface area contributed by atoms with Crippen LogP contribution in [0.15, 0.2) is 61.2 Å². The molecule has 0 aliphatic carbocycles. The molecule has 1 N–H and O–H groups in total. The molecule has 43 heavy (non-hydrogen) atoms. The second-order valence-electron chi connectivity index (χ2n) is 13.0. The van der Waals surface area contributed by atoms with Crippen LogP contribution in [0.2, 0.25) is 0 Å². The number of fused-ring (bicyclic) bond motifs is 1. The van der Waals surface area contributed by atoms with E-state index in [-0.39, 0.29) is 24.4 Å². The maximum atomic E-state index is 14.2. The van der Waals surface area contributed by atoms with Crippen LogP contribution in [0, 0.1) is 5.92 Å². The number of carboxylic acid groups (broad SMARTS) is 1. The van der Waals surface area contributed by atoms with Gasteiger partial charge in [-0.3, -0.25) is 14.5 Å². The summed E-state index contributed by atoms with van der Waals surface area (Å²) in [5, 5.41) is 10.6. The van der Waals surface area contributed by atoms with Gasteiger partial charge < -0.3 is 23.8 Å². The number of amides is 1. The van der Waals surface area contributed by atoms with Crippen LogP contribution < -0.4 is 9.64 Å². The SMILES string of the molecule is CCCCN(C(=O)CN1C[C@H](c2ccc3c(c2)CCO3)[C@@H](C(=O)O)[C@@H]1CCn1ccnc1)c1cccc(C[N+](C)(C)C)c1. The number of aliphatic carboxylic acids is 1. The van der Waals surface area contributed by atoms with Crippen molar-refractivity contribution in [3.05, 3.63) is 77.9 Å². The summed E-state index contributed by atoms with van der Waals surface area (Å²) in [5.74, 6) is -0.773. The van der Waals surface area contributed by atoms with Crippen molar-refractivity contribution in [1.82, 2.24) is 14.5 Å². The molecular weight excluding hydrogens is 542 g/mol. The lowest BCUT2D eigenvalue weighted by Crippen LogP contribution is -2.45. The lowest BCUT2D eigenvalue weighted by molar-refractivity contribution is -0.884. The zero-order chi connectivity index (χ0) is 30.6. The van der Waals surface area contributed by atoms with Crippen molar-refractivity contribution < 1.29 is 23.9 Å². The maximum Gasteiger partial charge on any atom is 0.308 e. The Morgan fingerprint density at radius 2 is 2.00 bits per heavy atom. The first-order valence-electron chi connectivity index (χ1n) is 15.5. The van der Waals surface area contributed by atoms with Gasteiger partial charge in [0.25, 0.3) is 0 Å². The molecule has 3 aromatic rings. The highest BCUT2D eigenvalue weighted by molar-refractivity contribution is 5.95. The number of aryl methyl sites for hydroxylation is 1. The van der Waals surface area contributed by atoms with Crippen molar-refractivity contribution in [2.24, 2.45) is 5.92 Å². The molecule has 2 aromatic carbocycles. The number of hydrogen-bond donors (Lipinski definition) is 1. The molecule has 2 aliphatic heterocycles. The molecule has 0 radical (unpaired) electrons. The molecule has 0 saturated carbocycles. The van der Waals surface area contributed by atoms with E-state index in [1.165, 1.54) is 5.56 Å². The Morgan fingerprint density at radius 1 is 1.16 bits per heavy atom. The van der Waals surface area contributed by atoms with Crippen LogP contribution in [0.1, 0.15) is 48.8 Å². The van der Waals surface area contributed by atoms with E-state index in [0.717, 1.165) is 52.9 Å². The van der Waals surface area contributed by atoms with E-state index in [4.69, 9.17) is 4.74 Å². The summed E-state index contributed by atoms with van der Waals surface area (Å²) in [7, 11) is 6.48. The lowest BCUT2D eigenvalue weighted by atomic mass is 9.83. The quantitative estimate of drug-likeness (QED) is 0.298. The zero-order valence-electron chi connectivity index (χ0n) is 26.0. The van der Waals surface area contributed by atoms with Crippen LogP contribution in [-0.2, 0) is 29.1 Å². The number of ether oxygens (including phenoxy) is 1. The summed E-state index contributed by atoms with van der Waals surface area (Å²) < 4.78 is 8.49. The molecule has 9 nitrogen and oxygen atoms in total. The van der Waals surface area contributed by atoms with Crippen molar-refractivity contribution in [2.45, 2.75) is 57.7 Å². The first-order valence-corrected chi connectivity index (χ1v) is 15.5. The molecule has 0 unspecified atom stereocenters. The Hall–Kier alpha value is -3.69. The number of aromatic nitrogens is 2. The van der Waals surface area contributed by atoms with Gasteiger partial charge in [0.05, 0.1) is 46.5 Å². The van der Waals surface area contributed by atoms with E-state index in [1.807, 2.05) is 39.9 Å². The summed E-state index contributed by atoms with van der Waals surface area (Å²) in [6, 6.07) is 14.1. The number of carbonyl (C=O) groups excluding carboxylic acids is 1. The van der Waals surface area contributed by atoms with E-state index < -0.39 is 11.9 Å². The predicted octanol–water partition coefficient (Wildman–Crippen LogP) is 4.42. The predicted molar refractivity (Wildman–Crippen MR) is 167 cm³/mol. The molecule has 2 aliphatic rings. The monoisotopic (exact) mass is 588 g/mol. The highest BCUT2D eigenvalue weighted by Gasteiger charge is 2.47. The van der Waals surface area contributed by atoms with Gasteiger partial charge >= 0.3 is 5.97 Å². The van der Waals surface area contributed by atoms with E-state index in [0.29, 0.717) is 32.7 Å². The van der Waals surface area contributed by atoms with Gasteiger partial charge in [-0.2, -0.15) is 0 Å². The fourth-order valence-electron chi connectivity index (χ4n) is 6.67. The minimum atomic E-state index is -0.817. The van der Waals surface area contributed by atoms with E-state index >= 15 is 0 Å². The zero-order valence-corrected chi connectivity index (χ0v) is 26.0. The first kappa shape index (κ1) is 30.8. The Morgan fingerprint density at radius 3 is 2.72 bits per heavy atom. The van der Waals surface area contributed by atoms with Crippen LogP contribution in [0.5, 0.6) is 5.75 Å². The van der Waals surface area contributed by atoms with Crippen LogP contribution in [0.3, 0.4) is 0 Å². The van der Waals surface area contributed by atoms with Gasteiger partial charge in [-0.1, -0.05) is 37.6 Å². The number of rotatable bonds is 13. The average Bonchev–Trinajstić information content (AvgIpc) is 3.71. The highest BCUT2D eigenvalue weighted by Crippen LogP contribution is 2.41. The smallest absolute Gasteiger partial charge is 0.308 e. The minimum absolute atomic E-state index is 0.00983. The number of unbranched alkanes of at least 4 members (excludes halogenated alkanes) is 1. The van der Waals surface area contributed by atoms with Crippen LogP contribution in [0.4, 0.5) is 5.69 Å². The normalized spacial score (nSPS) is 20.1. The number of carboxylic acids is 1. The third-order valence-electron chi connectivity index (χ3n) is 8.67. The van der Waals surface area contributed by atoms with E-state index in [9.17, 15) is 14.7 Å². The second kappa shape index (κ2) is 13.3. The minimum Gasteiger partial charge on any atom is -0.493 e. The van der Waals surface area contributed by atoms with E-state index in [1.54, 1.807) is 12.5 Å². The Balaban J connectivity index is 1.43. The van der Waals surface area contributed by atoms with Crippen LogP contribution >= 0.6 is 0 Å². The van der Waals surface area contributed by atoms with Crippen LogP contribution in [0.25, 0.3) is 0 Å². The Labute approximate surface area is 255 Å². The topological polar surface area (TPSA) is 87.9 Å². The number of benzene rings is 2. The molecule has 3 atom stereocenters. The number of hydrogen-bond acceptors (Lipinski definition) is 5. The first-order chi connectivity index (χ1) is 20.6. The molecule has 5 rings (SSSR count). The van der Waals surface area contributed by atoms with E-state index in [2.05, 4.69) is 56.1 Å². The Bertz CT molecular complexity index is 1400. The number of carbonyl (C=O) groups is 2. The average molecular weight is 589 g/mol. The van der Waals surface area contributed by atoms with Crippen molar-refractivity contribution in [1.29, 1.82) is 0 Å². The second-order valence-corrected chi connectivity index (χ2v) is 13.0. The third-order valence-corrected chi connectivity index (χ3v) is 8.67. The molecule has 3 heterocycles. The Kier molecular flexibility index (Phi) is 9.52. The fourth-order valence-corrected chi connectivity index (χ4v) is 6.67. The van der Waals surface area contributed by atoms with Crippen LogP contribution in [-0.4, -0.2) is 89.3 Å². The molecule has 230 valence electrons. The molecule has 0 bridgehead atoms. The summed E-state index contributed by atoms with van der Waals surface area (Å²) in [4.78, 5) is 35.3. The van der Waals surface area contributed by atoms with Gasteiger partial charge in [-0.15, -0.1) is 0 Å². The van der Waals surface area contributed by atoms with Gasteiger partial charge in [-0.25, -0.2) is 4.98 Å². The molecule has 1 saturated heterocycles. The van der Waals surface area contributed by atoms with Gasteiger partial charge in [0.1, 0.15) is 12.3 Å². The standard InChI is InChI=1S/C34H45N5O4/c1-5-6-15-38(28-9-7-8-25(19-28)23-39(2,3)4)32(40)22-37-21-29(26-10-11-31-27(20-26)13-18-43-31)33(34(41)42)30(37)12-16-36-17-14-35-24-36/h7-11,14,17,19-20,24,29-30,33H,5-6,12-13,15-16,18,21-23H2,1-4H3/p+1/t29-,30+,33-/m1/s1. The number of nitrogens with zero attached hydrogens (tertiary/aromatic N) is 5. The summed E-state index contributed by atoms with van der Waals surface area (Å²) >= 11 is 0. The van der Waals surface area contributed by atoms with Gasteiger partial charge in [-0.05, 0) is 42.2 Å². The fraction of sp³-hybridized carbons (Fsp3) is 0.500.